The Hall–Kier alpha value is -4.34. The van der Waals surface area contributed by atoms with Gasteiger partial charge in [-0.2, -0.15) is 15.0 Å². The lowest BCUT2D eigenvalue weighted by Gasteiger charge is -2.08. The number of carbonyl (C=O) groups excluding carboxylic acids is 1. The minimum absolute atomic E-state index is 0.00499. The molecule has 0 radical (unpaired) electrons. The number of ether oxygens (including phenoxy) is 1. The number of aromatic amines is 1. The Balaban J connectivity index is 1.49. The van der Waals surface area contributed by atoms with E-state index in [4.69, 9.17) is 10.5 Å². The second-order valence-corrected chi connectivity index (χ2v) is 6.24. The number of esters is 1. The van der Waals surface area contributed by atoms with E-state index in [-0.39, 0.29) is 35.8 Å². The smallest absolute Gasteiger partial charge is 0.355 e. The molecule has 0 saturated heterocycles. The molecule has 0 saturated carbocycles. The Kier molecular flexibility index (Phi) is 5.04. The van der Waals surface area contributed by atoms with Gasteiger partial charge >= 0.3 is 5.97 Å². The van der Waals surface area contributed by atoms with Gasteiger partial charge in [0.1, 0.15) is 11.5 Å². The maximum Gasteiger partial charge on any atom is 0.355 e. The van der Waals surface area contributed by atoms with Crippen LogP contribution in [0.5, 0.6) is 0 Å². The van der Waals surface area contributed by atoms with E-state index in [1.54, 1.807) is 24.3 Å². The van der Waals surface area contributed by atoms with Gasteiger partial charge in [-0.3, -0.25) is 4.79 Å². The second-order valence-electron chi connectivity index (χ2n) is 6.24. The lowest BCUT2D eigenvalue weighted by Crippen LogP contribution is -2.16. The van der Waals surface area contributed by atoms with E-state index in [0.717, 1.165) is 0 Å². The molecule has 10 heteroatoms. The Morgan fingerprint density at radius 1 is 1.10 bits per heavy atom. The summed E-state index contributed by atoms with van der Waals surface area (Å²) >= 11 is 0. The van der Waals surface area contributed by atoms with Crippen LogP contribution >= 0.6 is 0 Å². The van der Waals surface area contributed by atoms with Crippen molar-refractivity contribution in [3.8, 4) is 0 Å². The van der Waals surface area contributed by atoms with E-state index < -0.39 is 11.5 Å². The van der Waals surface area contributed by atoms with Crippen LogP contribution in [0.3, 0.4) is 0 Å². The molecule has 9 nitrogen and oxygen atoms in total. The number of hydrogen-bond donors (Lipinski definition) is 3. The van der Waals surface area contributed by atoms with Gasteiger partial charge in [0, 0.05) is 11.1 Å². The molecule has 2 aromatic heterocycles. The summed E-state index contributed by atoms with van der Waals surface area (Å²) in [4.78, 5) is 39.0. The van der Waals surface area contributed by atoms with Crippen LogP contribution in [0.1, 0.15) is 16.3 Å². The molecule has 0 atom stereocenters. The fourth-order valence-corrected chi connectivity index (χ4v) is 2.75. The van der Waals surface area contributed by atoms with Gasteiger partial charge in [0.15, 0.2) is 12.4 Å². The highest BCUT2D eigenvalue weighted by Crippen LogP contribution is 2.15. The molecule has 150 valence electrons. The SMILES string of the molecule is Nc1nc(COC(=O)c2cc3ccccc3c(=O)[nH]2)nc(Nc2ccc(F)cc2)n1. The first kappa shape index (κ1) is 19.0. The van der Waals surface area contributed by atoms with Gasteiger partial charge in [0.2, 0.25) is 11.9 Å². The number of rotatable bonds is 5. The van der Waals surface area contributed by atoms with Gasteiger partial charge < -0.3 is 20.8 Å². The number of nitrogens with one attached hydrogen (secondary N) is 2. The summed E-state index contributed by atoms with van der Waals surface area (Å²) < 4.78 is 18.2. The Morgan fingerprint density at radius 3 is 2.67 bits per heavy atom. The largest absolute Gasteiger partial charge is 0.453 e. The number of aromatic nitrogens is 4. The molecule has 4 rings (SSSR count). The van der Waals surface area contributed by atoms with E-state index in [2.05, 4.69) is 25.3 Å². The molecule has 0 bridgehead atoms. The summed E-state index contributed by atoms with van der Waals surface area (Å²) in [5.41, 5.74) is 5.84. The summed E-state index contributed by atoms with van der Waals surface area (Å²) in [5, 5.41) is 3.94. The van der Waals surface area contributed by atoms with Gasteiger partial charge in [-0.15, -0.1) is 0 Å². The van der Waals surface area contributed by atoms with Crippen LogP contribution in [0.4, 0.5) is 22.0 Å². The topological polar surface area (TPSA) is 136 Å². The summed E-state index contributed by atoms with van der Waals surface area (Å²) in [6.45, 7) is -0.293. The molecule has 0 amide bonds. The van der Waals surface area contributed by atoms with Crippen LogP contribution in [0.25, 0.3) is 10.8 Å². The monoisotopic (exact) mass is 406 g/mol. The minimum atomic E-state index is -0.745. The van der Waals surface area contributed by atoms with Crippen molar-refractivity contribution >= 4 is 34.3 Å². The molecule has 0 aliphatic rings. The minimum Gasteiger partial charge on any atom is -0.453 e. The first-order valence-electron chi connectivity index (χ1n) is 8.80. The van der Waals surface area contributed by atoms with Crippen LogP contribution in [0.15, 0.2) is 59.4 Å². The molecule has 2 aromatic carbocycles. The fraction of sp³-hybridized carbons (Fsp3) is 0.0500. The fourth-order valence-electron chi connectivity index (χ4n) is 2.75. The maximum absolute atomic E-state index is 13.0. The third-order valence-corrected chi connectivity index (χ3v) is 4.11. The summed E-state index contributed by atoms with van der Waals surface area (Å²) in [5.74, 6) is -0.998. The first-order chi connectivity index (χ1) is 14.5. The van der Waals surface area contributed by atoms with E-state index >= 15 is 0 Å². The average molecular weight is 406 g/mol. The quantitative estimate of drug-likeness (QED) is 0.430. The Bertz CT molecular complexity index is 1290. The molecule has 30 heavy (non-hydrogen) atoms. The van der Waals surface area contributed by atoms with E-state index in [1.807, 2.05) is 0 Å². The van der Waals surface area contributed by atoms with Crippen LogP contribution < -0.4 is 16.6 Å². The van der Waals surface area contributed by atoms with Crippen LogP contribution in [-0.2, 0) is 11.3 Å². The zero-order valence-corrected chi connectivity index (χ0v) is 15.4. The average Bonchev–Trinajstić information content (AvgIpc) is 2.73. The molecular weight excluding hydrogens is 391 g/mol. The maximum atomic E-state index is 13.0. The highest BCUT2D eigenvalue weighted by Gasteiger charge is 2.13. The molecule has 0 unspecified atom stereocenters. The Labute approximate surface area is 168 Å². The number of H-pyrrole nitrogens is 1. The van der Waals surface area contributed by atoms with Crippen molar-refractivity contribution in [2.75, 3.05) is 11.1 Å². The van der Waals surface area contributed by atoms with Crippen molar-refractivity contribution in [1.82, 2.24) is 19.9 Å². The number of anilines is 3. The van der Waals surface area contributed by atoms with Crippen LogP contribution in [0, 0.1) is 5.82 Å². The predicted octanol–water partition coefficient (Wildman–Crippen LogP) is 2.54. The summed E-state index contributed by atoms with van der Waals surface area (Å²) in [6.07, 6.45) is 0. The number of hydrogen-bond acceptors (Lipinski definition) is 8. The van der Waals surface area contributed by atoms with E-state index in [1.165, 1.54) is 30.3 Å². The molecule has 4 N–H and O–H groups in total. The molecule has 2 heterocycles. The molecular formula is C20H15FN6O3. The zero-order chi connectivity index (χ0) is 21.1. The number of carbonyl (C=O) groups is 1. The Morgan fingerprint density at radius 2 is 1.87 bits per heavy atom. The third kappa shape index (κ3) is 4.22. The number of halogens is 1. The van der Waals surface area contributed by atoms with Gasteiger partial charge in [0.25, 0.3) is 5.56 Å². The second kappa shape index (κ2) is 7.95. The van der Waals surface area contributed by atoms with Crippen molar-refractivity contribution in [3.05, 3.63) is 82.3 Å². The molecule has 0 aliphatic carbocycles. The first-order valence-corrected chi connectivity index (χ1v) is 8.80. The summed E-state index contributed by atoms with van der Waals surface area (Å²) in [7, 11) is 0. The van der Waals surface area contributed by atoms with E-state index in [0.29, 0.717) is 16.5 Å². The number of nitrogen functional groups attached to an aromatic ring is 1. The number of benzene rings is 2. The van der Waals surface area contributed by atoms with Crippen molar-refractivity contribution in [1.29, 1.82) is 0 Å². The lowest BCUT2D eigenvalue weighted by atomic mass is 10.1. The predicted molar refractivity (Wildman–Crippen MR) is 108 cm³/mol. The normalized spacial score (nSPS) is 10.7. The standard InChI is InChI=1S/C20H15FN6O3/c21-12-5-7-13(8-6-12)23-20-26-16(25-19(22)27-20)10-30-18(29)15-9-11-3-1-2-4-14(11)17(28)24-15/h1-9H,10H2,(H,24,28)(H3,22,23,25,26,27). The number of nitrogens with two attached hydrogens (primary N) is 1. The molecule has 0 aliphatic heterocycles. The van der Waals surface area contributed by atoms with Gasteiger partial charge in [-0.25, -0.2) is 9.18 Å². The molecule has 4 aromatic rings. The highest BCUT2D eigenvalue weighted by atomic mass is 19.1. The number of nitrogens with zero attached hydrogens (tertiary/aromatic N) is 3. The van der Waals surface area contributed by atoms with Crippen molar-refractivity contribution in [2.24, 2.45) is 0 Å². The zero-order valence-electron chi connectivity index (χ0n) is 15.4. The van der Waals surface area contributed by atoms with E-state index in [9.17, 15) is 14.0 Å². The highest BCUT2D eigenvalue weighted by molar-refractivity contribution is 5.92. The molecule has 0 fully saturated rings. The van der Waals surface area contributed by atoms with Gasteiger partial charge in [-0.1, -0.05) is 18.2 Å². The van der Waals surface area contributed by atoms with Crippen molar-refractivity contribution < 1.29 is 13.9 Å². The third-order valence-electron chi connectivity index (χ3n) is 4.11. The summed E-state index contributed by atoms with van der Waals surface area (Å²) in [6, 6.07) is 14.0. The van der Waals surface area contributed by atoms with Gasteiger partial charge in [-0.05, 0) is 41.8 Å². The number of pyridine rings is 1. The van der Waals surface area contributed by atoms with Crippen molar-refractivity contribution in [3.63, 3.8) is 0 Å². The van der Waals surface area contributed by atoms with Crippen LogP contribution in [0.2, 0.25) is 0 Å². The van der Waals surface area contributed by atoms with Gasteiger partial charge in [0.05, 0.1) is 0 Å². The number of fused-ring (bicyclic) bond motifs is 1. The van der Waals surface area contributed by atoms with Crippen molar-refractivity contribution in [2.45, 2.75) is 6.61 Å². The lowest BCUT2D eigenvalue weighted by molar-refractivity contribution is 0.0455. The van der Waals surface area contributed by atoms with Crippen LogP contribution in [-0.4, -0.2) is 25.9 Å². The molecule has 0 spiro atoms.